The molecule has 0 aromatic heterocycles. The molecule has 2 heteroatoms. The van der Waals surface area contributed by atoms with Crippen LogP contribution >= 0.6 is 0 Å². The highest BCUT2D eigenvalue weighted by atomic mass is 15.2. The highest BCUT2D eigenvalue weighted by Gasteiger charge is 2.36. The second-order valence-electron chi connectivity index (χ2n) is 4.18. The second-order valence-corrected chi connectivity index (χ2v) is 4.18. The molecule has 2 aliphatic rings. The van der Waals surface area contributed by atoms with Crippen LogP contribution in [-0.4, -0.2) is 37.1 Å². The average Bonchev–Trinajstić information content (AvgIpc) is 2.65. The van der Waals surface area contributed by atoms with Crippen LogP contribution in [0.15, 0.2) is 0 Å². The Morgan fingerprint density at radius 1 is 1.42 bits per heavy atom. The summed E-state index contributed by atoms with van der Waals surface area (Å²) < 4.78 is 0. The molecule has 2 nitrogen and oxygen atoms in total. The molecule has 1 heterocycles. The maximum atomic E-state index is 3.39. The number of hydrogen-bond donors (Lipinski definition) is 1. The van der Waals surface area contributed by atoms with Crippen LogP contribution in [0.2, 0.25) is 0 Å². The van der Waals surface area contributed by atoms with E-state index in [4.69, 9.17) is 0 Å². The van der Waals surface area contributed by atoms with Gasteiger partial charge in [0.15, 0.2) is 0 Å². The van der Waals surface area contributed by atoms with Crippen LogP contribution in [-0.2, 0) is 0 Å². The monoisotopic (exact) mass is 168 g/mol. The van der Waals surface area contributed by atoms with E-state index in [-0.39, 0.29) is 0 Å². The lowest BCUT2D eigenvalue weighted by Gasteiger charge is -2.26. The Hall–Kier alpha value is -0.0800. The molecule has 2 atom stereocenters. The zero-order valence-corrected chi connectivity index (χ0v) is 8.05. The summed E-state index contributed by atoms with van der Waals surface area (Å²) in [4.78, 5) is 2.68. The molecule has 70 valence electrons. The maximum Gasteiger partial charge on any atom is 0.0110 e. The largest absolute Gasteiger partial charge is 0.316 e. The Bertz CT molecular complexity index is 147. The van der Waals surface area contributed by atoms with Gasteiger partial charge in [-0.25, -0.2) is 0 Å². The molecule has 1 saturated carbocycles. The number of hydrogen-bond acceptors (Lipinski definition) is 2. The van der Waals surface area contributed by atoms with Crippen molar-refractivity contribution in [2.24, 2.45) is 5.92 Å². The van der Waals surface area contributed by atoms with Crippen molar-refractivity contribution < 1.29 is 0 Å². The minimum atomic E-state index is 0.952. The third kappa shape index (κ3) is 1.64. The standard InChI is InChI=1S/C10H20N2/c1-2-11-5-6-12-8-9-3-4-10(12)7-9/h9-11H,2-8H2,1H3. The van der Waals surface area contributed by atoms with E-state index in [9.17, 15) is 0 Å². The van der Waals surface area contributed by atoms with Crippen molar-refractivity contribution >= 4 is 0 Å². The molecule has 0 amide bonds. The predicted molar refractivity (Wildman–Crippen MR) is 51.2 cm³/mol. The van der Waals surface area contributed by atoms with Crippen LogP contribution in [0.4, 0.5) is 0 Å². The summed E-state index contributed by atoms with van der Waals surface area (Å²) in [5.41, 5.74) is 0. The van der Waals surface area contributed by atoms with Gasteiger partial charge in [0.1, 0.15) is 0 Å². The Morgan fingerprint density at radius 3 is 2.92 bits per heavy atom. The van der Waals surface area contributed by atoms with E-state index in [0.717, 1.165) is 18.5 Å². The molecular weight excluding hydrogens is 148 g/mol. The molecule has 0 radical (unpaired) electrons. The molecule has 1 N–H and O–H groups in total. The van der Waals surface area contributed by atoms with E-state index in [0.29, 0.717) is 0 Å². The third-order valence-electron chi connectivity index (χ3n) is 3.35. The molecule has 2 unspecified atom stereocenters. The molecule has 0 spiro atoms. The topological polar surface area (TPSA) is 15.3 Å². The van der Waals surface area contributed by atoms with Gasteiger partial charge in [0.2, 0.25) is 0 Å². The highest BCUT2D eigenvalue weighted by Crippen LogP contribution is 2.36. The minimum Gasteiger partial charge on any atom is -0.316 e. The number of fused-ring (bicyclic) bond motifs is 2. The van der Waals surface area contributed by atoms with Crippen LogP contribution in [0.3, 0.4) is 0 Å². The average molecular weight is 168 g/mol. The SMILES string of the molecule is CCNCCN1CC2CCC1C2. The molecule has 1 aliphatic heterocycles. The molecule has 2 rings (SSSR count). The van der Waals surface area contributed by atoms with Gasteiger partial charge >= 0.3 is 0 Å². The van der Waals surface area contributed by atoms with Crippen molar-refractivity contribution in [3.8, 4) is 0 Å². The molecule has 2 bridgehead atoms. The van der Waals surface area contributed by atoms with E-state index in [2.05, 4.69) is 17.1 Å². The van der Waals surface area contributed by atoms with Crippen LogP contribution in [0.1, 0.15) is 26.2 Å². The Morgan fingerprint density at radius 2 is 2.33 bits per heavy atom. The maximum absolute atomic E-state index is 3.39. The van der Waals surface area contributed by atoms with Gasteiger partial charge in [-0.15, -0.1) is 0 Å². The molecule has 2 fully saturated rings. The summed E-state index contributed by atoms with van der Waals surface area (Å²) in [5.74, 6) is 1.05. The van der Waals surface area contributed by atoms with Gasteiger partial charge in [-0.2, -0.15) is 0 Å². The fourth-order valence-electron chi connectivity index (χ4n) is 2.70. The lowest BCUT2D eigenvalue weighted by atomic mass is 10.1. The minimum absolute atomic E-state index is 0.952. The van der Waals surface area contributed by atoms with Gasteiger partial charge in [0, 0.05) is 25.7 Å². The summed E-state index contributed by atoms with van der Waals surface area (Å²) >= 11 is 0. The summed E-state index contributed by atoms with van der Waals surface area (Å²) in [7, 11) is 0. The molecular formula is C10H20N2. The number of likely N-dealkylation sites (N-methyl/N-ethyl adjacent to an activating group) is 1. The Kier molecular flexibility index (Phi) is 2.66. The van der Waals surface area contributed by atoms with Crippen molar-refractivity contribution in [2.75, 3.05) is 26.2 Å². The van der Waals surface area contributed by atoms with E-state index in [1.807, 2.05) is 0 Å². The van der Waals surface area contributed by atoms with E-state index < -0.39 is 0 Å². The summed E-state index contributed by atoms with van der Waals surface area (Å²) in [6.07, 6.45) is 4.46. The Labute approximate surface area is 75.3 Å². The fraction of sp³-hybridized carbons (Fsp3) is 1.00. The summed E-state index contributed by atoms with van der Waals surface area (Å²) in [5, 5.41) is 3.39. The lowest BCUT2D eigenvalue weighted by molar-refractivity contribution is 0.214. The van der Waals surface area contributed by atoms with Crippen molar-refractivity contribution in [1.29, 1.82) is 0 Å². The first kappa shape index (κ1) is 8.52. The summed E-state index contributed by atoms with van der Waals surface area (Å²) in [6.45, 7) is 7.13. The fourth-order valence-corrected chi connectivity index (χ4v) is 2.70. The van der Waals surface area contributed by atoms with Crippen LogP contribution < -0.4 is 5.32 Å². The van der Waals surface area contributed by atoms with E-state index >= 15 is 0 Å². The molecule has 0 aromatic carbocycles. The van der Waals surface area contributed by atoms with Crippen molar-refractivity contribution in [3.05, 3.63) is 0 Å². The van der Waals surface area contributed by atoms with Gasteiger partial charge in [-0.1, -0.05) is 6.92 Å². The molecule has 1 saturated heterocycles. The first-order valence-corrected chi connectivity index (χ1v) is 5.35. The lowest BCUT2D eigenvalue weighted by Crippen LogP contribution is -2.37. The Balaban J connectivity index is 1.69. The van der Waals surface area contributed by atoms with Gasteiger partial charge < -0.3 is 5.32 Å². The second kappa shape index (κ2) is 3.75. The summed E-state index contributed by atoms with van der Waals surface area (Å²) in [6, 6.07) is 0.952. The van der Waals surface area contributed by atoms with Crippen LogP contribution in [0.5, 0.6) is 0 Å². The number of piperidine rings is 1. The van der Waals surface area contributed by atoms with Crippen molar-refractivity contribution in [1.82, 2.24) is 10.2 Å². The molecule has 0 aromatic rings. The van der Waals surface area contributed by atoms with Gasteiger partial charge in [0.05, 0.1) is 0 Å². The van der Waals surface area contributed by atoms with Crippen molar-refractivity contribution in [3.63, 3.8) is 0 Å². The molecule has 12 heavy (non-hydrogen) atoms. The zero-order chi connectivity index (χ0) is 8.39. The first-order chi connectivity index (χ1) is 5.90. The normalized spacial score (nSPS) is 34.8. The van der Waals surface area contributed by atoms with E-state index in [1.54, 1.807) is 0 Å². The zero-order valence-electron chi connectivity index (χ0n) is 8.05. The predicted octanol–water partition coefficient (Wildman–Crippen LogP) is 1.08. The third-order valence-corrected chi connectivity index (χ3v) is 3.35. The van der Waals surface area contributed by atoms with E-state index in [1.165, 1.54) is 38.9 Å². The smallest absolute Gasteiger partial charge is 0.0110 e. The van der Waals surface area contributed by atoms with Gasteiger partial charge in [0.25, 0.3) is 0 Å². The molecule has 1 aliphatic carbocycles. The van der Waals surface area contributed by atoms with Gasteiger partial charge in [-0.3, -0.25) is 4.90 Å². The number of rotatable bonds is 4. The number of nitrogens with zero attached hydrogens (tertiary/aromatic N) is 1. The van der Waals surface area contributed by atoms with Crippen LogP contribution in [0.25, 0.3) is 0 Å². The van der Waals surface area contributed by atoms with Gasteiger partial charge in [-0.05, 0) is 31.7 Å². The number of likely N-dealkylation sites (tertiary alicyclic amines) is 1. The van der Waals surface area contributed by atoms with Crippen LogP contribution in [0, 0.1) is 5.92 Å². The first-order valence-electron chi connectivity index (χ1n) is 5.35. The number of nitrogens with one attached hydrogen (secondary N) is 1. The highest BCUT2D eigenvalue weighted by molar-refractivity contribution is 4.91. The van der Waals surface area contributed by atoms with Crippen molar-refractivity contribution in [2.45, 2.75) is 32.2 Å². The quantitative estimate of drug-likeness (QED) is 0.632.